The molecule has 7 heteroatoms. The van der Waals surface area contributed by atoms with Gasteiger partial charge in [-0.3, -0.25) is 19.7 Å². The second-order valence-electron chi connectivity index (χ2n) is 8.48. The van der Waals surface area contributed by atoms with E-state index in [2.05, 4.69) is 62.8 Å². The number of amides is 1. The van der Waals surface area contributed by atoms with E-state index in [0.29, 0.717) is 24.6 Å². The molecule has 1 aromatic heterocycles. The van der Waals surface area contributed by atoms with Crippen LogP contribution in [0.2, 0.25) is 0 Å². The average Bonchev–Trinajstić information content (AvgIpc) is 2.83. The van der Waals surface area contributed by atoms with Crippen LogP contribution in [0.3, 0.4) is 0 Å². The number of rotatable bonds is 8. The molecule has 2 N–H and O–H groups in total. The number of likely N-dealkylation sites (N-methyl/N-ethyl adjacent to an activating group) is 1. The number of likely N-dealkylation sites (tertiary alicyclic amines) is 1. The SMILES string of the molecule is CN=C(NCC(=O)N(C)CCc1ccccn1)NC1CCN(Cc2ccccc2)C(C)C1. The molecule has 2 heterocycles. The van der Waals surface area contributed by atoms with Crippen LogP contribution in [0.4, 0.5) is 0 Å². The van der Waals surface area contributed by atoms with Crippen LogP contribution < -0.4 is 10.6 Å². The van der Waals surface area contributed by atoms with Gasteiger partial charge in [0.25, 0.3) is 0 Å². The number of hydrogen-bond donors (Lipinski definition) is 2. The Kier molecular flexibility index (Phi) is 9.04. The van der Waals surface area contributed by atoms with Crippen LogP contribution in [-0.2, 0) is 17.8 Å². The second kappa shape index (κ2) is 12.2. The number of aliphatic imine (C=N–C) groups is 1. The van der Waals surface area contributed by atoms with Crippen LogP contribution in [0.5, 0.6) is 0 Å². The largest absolute Gasteiger partial charge is 0.354 e. The van der Waals surface area contributed by atoms with Crippen LogP contribution in [0.25, 0.3) is 0 Å². The summed E-state index contributed by atoms with van der Waals surface area (Å²) in [4.78, 5) is 25.4. The summed E-state index contributed by atoms with van der Waals surface area (Å²) in [5, 5.41) is 6.68. The van der Waals surface area contributed by atoms with Crippen molar-refractivity contribution in [3.63, 3.8) is 0 Å². The van der Waals surface area contributed by atoms with Crippen molar-refractivity contribution >= 4 is 11.9 Å². The van der Waals surface area contributed by atoms with Crippen molar-refractivity contribution in [3.05, 3.63) is 66.0 Å². The monoisotopic (exact) mass is 436 g/mol. The third-order valence-electron chi connectivity index (χ3n) is 6.07. The zero-order valence-electron chi connectivity index (χ0n) is 19.5. The summed E-state index contributed by atoms with van der Waals surface area (Å²) in [5.41, 5.74) is 2.35. The quantitative estimate of drug-likeness (QED) is 0.491. The summed E-state index contributed by atoms with van der Waals surface area (Å²) >= 11 is 0. The molecule has 1 saturated heterocycles. The third-order valence-corrected chi connectivity index (χ3v) is 6.07. The van der Waals surface area contributed by atoms with Gasteiger partial charge in [-0.15, -0.1) is 0 Å². The number of piperidine rings is 1. The van der Waals surface area contributed by atoms with Gasteiger partial charge in [0.15, 0.2) is 5.96 Å². The second-order valence-corrected chi connectivity index (χ2v) is 8.48. The maximum absolute atomic E-state index is 12.5. The van der Waals surface area contributed by atoms with Gasteiger partial charge in [-0.25, -0.2) is 0 Å². The number of benzene rings is 1. The van der Waals surface area contributed by atoms with Gasteiger partial charge >= 0.3 is 0 Å². The van der Waals surface area contributed by atoms with Crippen molar-refractivity contribution in [2.24, 2.45) is 4.99 Å². The molecule has 1 amide bonds. The van der Waals surface area contributed by atoms with Gasteiger partial charge < -0.3 is 15.5 Å². The van der Waals surface area contributed by atoms with E-state index in [9.17, 15) is 4.79 Å². The number of guanidine groups is 1. The van der Waals surface area contributed by atoms with Gasteiger partial charge in [0.1, 0.15) is 0 Å². The Balaban J connectivity index is 1.39. The zero-order valence-corrected chi connectivity index (χ0v) is 19.5. The summed E-state index contributed by atoms with van der Waals surface area (Å²) in [6.45, 7) is 5.18. The van der Waals surface area contributed by atoms with Gasteiger partial charge in [0.05, 0.1) is 6.54 Å². The topological polar surface area (TPSA) is 72.9 Å². The molecule has 32 heavy (non-hydrogen) atoms. The predicted molar refractivity (Wildman–Crippen MR) is 129 cm³/mol. The van der Waals surface area contributed by atoms with Crippen LogP contribution in [0.15, 0.2) is 59.7 Å². The molecular formula is C25H36N6O. The van der Waals surface area contributed by atoms with Crippen LogP contribution >= 0.6 is 0 Å². The lowest BCUT2D eigenvalue weighted by Gasteiger charge is -2.38. The Labute approximate surface area is 191 Å². The van der Waals surface area contributed by atoms with Crippen molar-refractivity contribution in [2.75, 3.05) is 33.7 Å². The van der Waals surface area contributed by atoms with Crippen molar-refractivity contribution < 1.29 is 4.79 Å². The van der Waals surface area contributed by atoms with E-state index in [-0.39, 0.29) is 12.5 Å². The number of pyridine rings is 1. The van der Waals surface area contributed by atoms with Gasteiger partial charge in [0.2, 0.25) is 5.91 Å². The first kappa shape index (κ1) is 23.7. The molecule has 172 valence electrons. The van der Waals surface area contributed by atoms with Crippen molar-refractivity contribution in [1.82, 2.24) is 25.4 Å². The third kappa shape index (κ3) is 7.34. The van der Waals surface area contributed by atoms with Crippen LogP contribution in [-0.4, -0.2) is 72.5 Å². The number of nitrogens with one attached hydrogen (secondary N) is 2. The molecule has 0 aliphatic carbocycles. The first-order valence-electron chi connectivity index (χ1n) is 11.4. The lowest BCUT2D eigenvalue weighted by Crippen LogP contribution is -2.52. The minimum Gasteiger partial charge on any atom is -0.354 e. The molecule has 2 atom stereocenters. The maximum Gasteiger partial charge on any atom is 0.241 e. The molecule has 1 aromatic carbocycles. The maximum atomic E-state index is 12.5. The van der Waals surface area contributed by atoms with E-state index in [1.807, 2.05) is 25.2 Å². The Morgan fingerprint density at radius 3 is 2.69 bits per heavy atom. The van der Waals surface area contributed by atoms with Gasteiger partial charge in [-0.1, -0.05) is 36.4 Å². The summed E-state index contributed by atoms with van der Waals surface area (Å²) in [5.74, 6) is 0.722. The summed E-state index contributed by atoms with van der Waals surface area (Å²) < 4.78 is 0. The highest BCUT2D eigenvalue weighted by molar-refractivity contribution is 5.86. The Hall–Kier alpha value is -2.93. The number of aromatic nitrogens is 1. The number of carbonyl (C=O) groups excluding carboxylic acids is 1. The Morgan fingerprint density at radius 1 is 1.22 bits per heavy atom. The number of nitrogens with zero attached hydrogens (tertiary/aromatic N) is 4. The molecule has 0 spiro atoms. The van der Waals surface area contributed by atoms with Crippen molar-refractivity contribution in [1.29, 1.82) is 0 Å². The highest BCUT2D eigenvalue weighted by atomic mass is 16.2. The minimum absolute atomic E-state index is 0.0370. The number of carbonyl (C=O) groups is 1. The van der Waals surface area contributed by atoms with Gasteiger partial charge in [-0.05, 0) is 37.5 Å². The molecule has 0 radical (unpaired) electrons. The molecule has 1 aliphatic rings. The minimum atomic E-state index is 0.0370. The Morgan fingerprint density at radius 2 is 2.00 bits per heavy atom. The molecular weight excluding hydrogens is 400 g/mol. The van der Waals surface area contributed by atoms with Crippen LogP contribution in [0, 0.1) is 0 Å². The standard InChI is InChI=1S/C25H36N6O/c1-20-17-23(13-16-31(20)19-21-9-5-4-6-10-21)29-25(26-2)28-18-24(32)30(3)15-12-22-11-7-8-14-27-22/h4-11,14,20,23H,12-13,15-19H2,1-3H3,(H2,26,28,29). The van der Waals surface area contributed by atoms with E-state index in [1.54, 1.807) is 18.1 Å². The van der Waals surface area contributed by atoms with Crippen molar-refractivity contribution in [2.45, 2.75) is 44.8 Å². The lowest BCUT2D eigenvalue weighted by atomic mass is 9.97. The zero-order chi connectivity index (χ0) is 22.8. The predicted octanol–water partition coefficient (Wildman–Crippen LogP) is 2.30. The molecule has 2 unspecified atom stereocenters. The van der Waals surface area contributed by atoms with Crippen LogP contribution in [0.1, 0.15) is 31.0 Å². The lowest BCUT2D eigenvalue weighted by molar-refractivity contribution is -0.128. The molecule has 2 aromatic rings. The summed E-state index contributed by atoms with van der Waals surface area (Å²) in [6.07, 6.45) is 4.62. The highest BCUT2D eigenvalue weighted by Crippen LogP contribution is 2.19. The molecule has 1 aliphatic heterocycles. The molecule has 0 bridgehead atoms. The first-order valence-corrected chi connectivity index (χ1v) is 11.4. The van der Waals surface area contributed by atoms with Gasteiger partial charge in [-0.2, -0.15) is 0 Å². The number of hydrogen-bond acceptors (Lipinski definition) is 4. The van der Waals surface area contributed by atoms with E-state index in [0.717, 1.165) is 38.0 Å². The fourth-order valence-electron chi connectivity index (χ4n) is 4.04. The smallest absolute Gasteiger partial charge is 0.241 e. The molecule has 0 saturated carbocycles. The highest BCUT2D eigenvalue weighted by Gasteiger charge is 2.26. The molecule has 7 nitrogen and oxygen atoms in total. The van der Waals surface area contributed by atoms with Gasteiger partial charge in [0, 0.05) is 64.1 Å². The normalized spacial score (nSPS) is 19.4. The Bertz CT molecular complexity index is 857. The fraction of sp³-hybridized carbons (Fsp3) is 0.480. The van der Waals surface area contributed by atoms with Crippen molar-refractivity contribution in [3.8, 4) is 0 Å². The summed E-state index contributed by atoms with van der Waals surface area (Å²) in [6, 6.07) is 17.3. The van der Waals surface area contributed by atoms with E-state index in [4.69, 9.17) is 0 Å². The van der Waals surface area contributed by atoms with E-state index in [1.165, 1.54) is 5.56 Å². The molecule has 3 rings (SSSR count). The summed E-state index contributed by atoms with van der Waals surface area (Å²) in [7, 11) is 3.58. The van der Waals surface area contributed by atoms with E-state index < -0.39 is 0 Å². The molecule has 1 fully saturated rings. The fourth-order valence-corrected chi connectivity index (χ4v) is 4.04. The van der Waals surface area contributed by atoms with E-state index >= 15 is 0 Å². The average molecular weight is 437 g/mol. The first-order chi connectivity index (χ1) is 15.5.